The number of nitrogens with zero attached hydrogens (tertiary/aromatic N) is 1. The van der Waals surface area contributed by atoms with Crippen molar-refractivity contribution in [3.8, 4) is 0 Å². The van der Waals surface area contributed by atoms with Crippen LogP contribution in [0.5, 0.6) is 0 Å². The van der Waals surface area contributed by atoms with Crippen molar-refractivity contribution in [1.82, 2.24) is 4.90 Å². The molecule has 3 rings (SSSR count). The smallest absolute Gasteiger partial charge is 0.335 e. The van der Waals surface area contributed by atoms with Gasteiger partial charge in [-0.15, -0.1) is 0 Å². The number of morpholine rings is 1. The molecule has 2 aliphatic rings. The summed E-state index contributed by atoms with van der Waals surface area (Å²) in [5.41, 5.74) is 0.816. The van der Waals surface area contributed by atoms with Gasteiger partial charge < -0.3 is 14.7 Å². The van der Waals surface area contributed by atoms with Crippen molar-refractivity contribution in [1.29, 1.82) is 0 Å². The monoisotopic (exact) mass is 331 g/mol. The Morgan fingerprint density at radius 3 is 2.62 bits per heavy atom. The van der Waals surface area contributed by atoms with Crippen molar-refractivity contribution in [2.24, 2.45) is 0 Å². The molecule has 5 heteroatoms. The lowest BCUT2D eigenvalue weighted by atomic mass is 9.92. The number of aromatic carboxylic acids is 1. The summed E-state index contributed by atoms with van der Waals surface area (Å²) in [4.78, 5) is 25.7. The van der Waals surface area contributed by atoms with Crippen molar-refractivity contribution in [2.75, 3.05) is 19.7 Å². The fraction of sp³-hybridized carbons (Fsp3) is 0.579. The lowest BCUT2D eigenvalue weighted by Crippen LogP contribution is -2.53. The molecule has 1 aromatic rings. The maximum atomic E-state index is 12.7. The molecule has 1 aliphatic carbocycles. The molecular weight excluding hydrogens is 306 g/mol. The Morgan fingerprint density at radius 1 is 1.17 bits per heavy atom. The van der Waals surface area contributed by atoms with Crippen molar-refractivity contribution in [2.45, 2.75) is 50.5 Å². The third kappa shape index (κ3) is 3.96. The van der Waals surface area contributed by atoms with Gasteiger partial charge in [-0.3, -0.25) is 4.79 Å². The molecule has 2 fully saturated rings. The van der Waals surface area contributed by atoms with Gasteiger partial charge in [0, 0.05) is 13.1 Å². The number of ether oxygens (including phenoxy) is 1. The molecule has 1 amide bonds. The van der Waals surface area contributed by atoms with Gasteiger partial charge in [0.05, 0.1) is 24.2 Å². The van der Waals surface area contributed by atoms with Gasteiger partial charge in [-0.2, -0.15) is 0 Å². The van der Waals surface area contributed by atoms with Gasteiger partial charge in [0.2, 0.25) is 5.91 Å². The molecule has 1 saturated carbocycles. The zero-order chi connectivity index (χ0) is 17.0. The van der Waals surface area contributed by atoms with Gasteiger partial charge in [0.25, 0.3) is 0 Å². The standard InChI is InChI=1S/C19H25NO4/c21-17(13-15-6-5-7-16(12-15)18(22)23)20-10-11-24-19(14-20)8-3-1-2-4-9-19/h5-7,12H,1-4,8-11,13-14H2,(H,22,23). The molecule has 0 unspecified atom stereocenters. The van der Waals surface area contributed by atoms with Crippen LogP contribution in [0.25, 0.3) is 0 Å². The second-order valence-electron chi connectivity index (χ2n) is 6.94. The van der Waals surface area contributed by atoms with Crippen molar-refractivity contribution < 1.29 is 19.4 Å². The Labute approximate surface area is 142 Å². The topological polar surface area (TPSA) is 66.8 Å². The highest BCUT2D eigenvalue weighted by Crippen LogP contribution is 2.33. The van der Waals surface area contributed by atoms with Gasteiger partial charge in [-0.05, 0) is 30.5 Å². The minimum Gasteiger partial charge on any atom is -0.478 e. The molecule has 1 aromatic carbocycles. The summed E-state index contributed by atoms with van der Waals surface area (Å²) < 4.78 is 6.10. The summed E-state index contributed by atoms with van der Waals surface area (Å²) in [5, 5.41) is 9.07. The van der Waals surface area contributed by atoms with Crippen LogP contribution in [-0.4, -0.2) is 47.2 Å². The highest BCUT2D eigenvalue weighted by molar-refractivity contribution is 5.88. The van der Waals surface area contributed by atoms with E-state index < -0.39 is 5.97 Å². The molecule has 0 radical (unpaired) electrons. The van der Waals surface area contributed by atoms with Gasteiger partial charge in [-0.25, -0.2) is 4.79 Å². The van der Waals surface area contributed by atoms with Crippen LogP contribution in [0.4, 0.5) is 0 Å². The highest BCUT2D eigenvalue weighted by Gasteiger charge is 2.38. The van der Waals surface area contributed by atoms with Gasteiger partial charge in [0.15, 0.2) is 0 Å². The van der Waals surface area contributed by atoms with Crippen LogP contribution in [0.15, 0.2) is 24.3 Å². The van der Waals surface area contributed by atoms with E-state index in [9.17, 15) is 9.59 Å². The first-order chi connectivity index (χ1) is 11.6. The molecule has 1 N–H and O–H groups in total. The van der Waals surface area contributed by atoms with E-state index >= 15 is 0 Å². The van der Waals surface area contributed by atoms with Crippen molar-refractivity contribution in [3.63, 3.8) is 0 Å². The first-order valence-electron chi connectivity index (χ1n) is 8.82. The van der Waals surface area contributed by atoms with Gasteiger partial charge in [-0.1, -0.05) is 37.8 Å². The summed E-state index contributed by atoms with van der Waals surface area (Å²) in [7, 11) is 0. The summed E-state index contributed by atoms with van der Waals surface area (Å²) >= 11 is 0. The minimum atomic E-state index is -0.965. The summed E-state index contributed by atoms with van der Waals surface area (Å²) in [5.74, 6) is -0.905. The Hall–Kier alpha value is -1.88. The maximum Gasteiger partial charge on any atom is 0.335 e. The third-order valence-corrected chi connectivity index (χ3v) is 5.15. The van der Waals surface area contributed by atoms with E-state index in [1.807, 2.05) is 11.0 Å². The first-order valence-corrected chi connectivity index (χ1v) is 8.82. The van der Waals surface area contributed by atoms with Crippen LogP contribution in [0.2, 0.25) is 0 Å². The second kappa shape index (κ2) is 7.34. The van der Waals surface area contributed by atoms with E-state index in [0.717, 1.165) is 18.4 Å². The number of rotatable bonds is 3. The summed E-state index contributed by atoms with van der Waals surface area (Å²) in [6.45, 7) is 1.89. The normalized spacial score (nSPS) is 20.6. The molecule has 24 heavy (non-hydrogen) atoms. The number of hydrogen-bond donors (Lipinski definition) is 1. The number of benzene rings is 1. The average molecular weight is 331 g/mol. The molecule has 1 spiro atoms. The molecule has 1 heterocycles. The Balaban J connectivity index is 1.66. The summed E-state index contributed by atoms with van der Waals surface area (Å²) in [6, 6.07) is 6.64. The van der Waals surface area contributed by atoms with Crippen LogP contribution >= 0.6 is 0 Å². The van der Waals surface area contributed by atoms with Gasteiger partial charge in [0.1, 0.15) is 0 Å². The van der Waals surface area contributed by atoms with Crippen LogP contribution < -0.4 is 0 Å². The van der Waals surface area contributed by atoms with E-state index in [1.165, 1.54) is 25.7 Å². The van der Waals surface area contributed by atoms with Crippen LogP contribution in [0, 0.1) is 0 Å². The van der Waals surface area contributed by atoms with Crippen LogP contribution in [0.3, 0.4) is 0 Å². The zero-order valence-electron chi connectivity index (χ0n) is 14.0. The summed E-state index contributed by atoms with van der Waals surface area (Å²) in [6.07, 6.45) is 7.15. The van der Waals surface area contributed by atoms with Crippen molar-refractivity contribution in [3.05, 3.63) is 35.4 Å². The predicted molar refractivity (Wildman–Crippen MR) is 90.1 cm³/mol. The van der Waals surface area contributed by atoms with E-state index in [-0.39, 0.29) is 23.5 Å². The Bertz CT molecular complexity index is 605. The number of carboxylic acids is 1. The van der Waals surface area contributed by atoms with Gasteiger partial charge >= 0.3 is 5.97 Å². The molecule has 0 aromatic heterocycles. The maximum absolute atomic E-state index is 12.7. The molecule has 1 aliphatic heterocycles. The largest absolute Gasteiger partial charge is 0.478 e. The number of carbonyl (C=O) groups is 2. The van der Waals surface area contributed by atoms with Crippen LogP contribution in [0.1, 0.15) is 54.4 Å². The lowest BCUT2D eigenvalue weighted by Gasteiger charge is -2.42. The number of amides is 1. The molecule has 0 bridgehead atoms. The second-order valence-corrected chi connectivity index (χ2v) is 6.94. The number of hydrogen-bond acceptors (Lipinski definition) is 3. The van der Waals surface area contributed by atoms with E-state index in [1.54, 1.807) is 18.2 Å². The fourth-order valence-corrected chi connectivity index (χ4v) is 3.83. The van der Waals surface area contributed by atoms with Crippen LogP contribution in [-0.2, 0) is 16.0 Å². The minimum absolute atomic E-state index is 0.0597. The lowest BCUT2D eigenvalue weighted by molar-refractivity contribution is -0.152. The molecular formula is C19H25NO4. The van der Waals surface area contributed by atoms with E-state index in [2.05, 4.69) is 0 Å². The fourth-order valence-electron chi connectivity index (χ4n) is 3.83. The zero-order valence-corrected chi connectivity index (χ0v) is 14.0. The predicted octanol–water partition coefficient (Wildman–Crippen LogP) is 2.88. The quantitative estimate of drug-likeness (QED) is 0.925. The molecule has 5 nitrogen and oxygen atoms in total. The van der Waals surface area contributed by atoms with E-state index in [4.69, 9.17) is 9.84 Å². The Kier molecular flexibility index (Phi) is 5.19. The Morgan fingerprint density at radius 2 is 1.92 bits per heavy atom. The number of carbonyl (C=O) groups excluding carboxylic acids is 1. The van der Waals surface area contributed by atoms with E-state index in [0.29, 0.717) is 19.7 Å². The highest BCUT2D eigenvalue weighted by atomic mass is 16.5. The molecule has 0 atom stereocenters. The SMILES string of the molecule is O=C(O)c1cccc(CC(=O)N2CCOC3(CCCCCC3)C2)c1. The number of carboxylic acid groups (broad SMARTS) is 1. The third-order valence-electron chi connectivity index (χ3n) is 5.15. The van der Waals surface area contributed by atoms with Crippen molar-refractivity contribution >= 4 is 11.9 Å². The first kappa shape index (κ1) is 17.0. The molecule has 130 valence electrons. The molecule has 1 saturated heterocycles. The average Bonchev–Trinajstić information content (AvgIpc) is 2.80.